The van der Waals surface area contributed by atoms with Gasteiger partial charge in [-0.15, -0.1) is 20.5 Å². The molecule has 42 heavy (non-hydrogen) atoms. The van der Waals surface area contributed by atoms with E-state index in [-0.39, 0.29) is 26.5 Å². The van der Waals surface area contributed by atoms with E-state index < -0.39 is 52.8 Å². The number of rotatable bonds is 6. The fourth-order valence-electron chi connectivity index (χ4n) is 4.17. The van der Waals surface area contributed by atoms with Crippen LogP contribution >= 0.6 is 23.2 Å². The molecule has 5 N–H and O–H groups in total. The molecule has 16 heteroatoms. The lowest BCUT2D eigenvalue weighted by atomic mass is 10.1. The van der Waals surface area contributed by atoms with E-state index in [9.17, 15) is 31.0 Å². The molecule has 5 aromatic rings. The molecular weight excluding hydrogens is 629 g/mol. The minimum atomic E-state index is -5.06. The van der Waals surface area contributed by atoms with Crippen LogP contribution in [0.2, 0.25) is 10.0 Å². The summed E-state index contributed by atoms with van der Waals surface area (Å²) in [4.78, 5) is -1.78. The van der Waals surface area contributed by atoms with Crippen molar-refractivity contribution < 1.29 is 31.0 Å². The maximum absolute atomic E-state index is 12.3. The lowest BCUT2D eigenvalue weighted by Gasteiger charge is -2.14. The van der Waals surface area contributed by atoms with Crippen molar-refractivity contribution in [3.63, 3.8) is 0 Å². The van der Waals surface area contributed by atoms with Gasteiger partial charge in [-0.05, 0) is 47.2 Å². The molecule has 0 amide bonds. The van der Waals surface area contributed by atoms with Gasteiger partial charge in [0.2, 0.25) is 0 Å². The molecule has 0 saturated carbocycles. The first-order chi connectivity index (χ1) is 19.8. The second kappa shape index (κ2) is 10.9. The van der Waals surface area contributed by atoms with Crippen molar-refractivity contribution in [3.05, 3.63) is 82.8 Å². The fraction of sp³-hybridized carbons (Fsp3) is 0. The number of aromatic hydroxyl groups is 1. The number of benzene rings is 5. The van der Waals surface area contributed by atoms with Crippen molar-refractivity contribution in [2.24, 2.45) is 20.5 Å². The average Bonchev–Trinajstić information content (AvgIpc) is 2.92. The Morgan fingerprint density at radius 1 is 0.667 bits per heavy atom. The number of hydrogen-bond acceptors (Lipinski definition) is 10. The largest absolute Gasteiger partial charge is 0.505 e. The molecule has 0 aliphatic heterocycles. The van der Waals surface area contributed by atoms with E-state index in [2.05, 4.69) is 20.5 Å². The minimum absolute atomic E-state index is 0.0282. The zero-order valence-corrected chi connectivity index (χ0v) is 24.0. The minimum Gasteiger partial charge on any atom is -0.505 e. The number of nitrogens with zero attached hydrogens (tertiary/aromatic N) is 4. The number of phenolic OH excluding ortho intramolecular Hbond substituents is 1. The van der Waals surface area contributed by atoms with Gasteiger partial charge in [-0.2, -0.15) is 16.8 Å². The van der Waals surface area contributed by atoms with Crippen LogP contribution < -0.4 is 5.73 Å². The van der Waals surface area contributed by atoms with Gasteiger partial charge in [-0.3, -0.25) is 9.11 Å². The van der Waals surface area contributed by atoms with Gasteiger partial charge < -0.3 is 10.8 Å². The van der Waals surface area contributed by atoms with Crippen molar-refractivity contribution in [3.8, 4) is 5.75 Å². The number of phenols is 1. The third-order valence-corrected chi connectivity index (χ3v) is 8.35. The molecule has 0 atom stereocenters. The van der Waals surface area contributed by atoms with Crippen LogP contribution in [0.25, 0.3) is 21.5 Å². The van der Waals surface area contributed by atoms with Crippen LogP contribution in [0, 0.1) is 0 Å². The summed E-state index contributed by atoms with van der Waals surface area (Å²) in [6.45, 7) is 0. The summed E-state index contributed by atoms with van der Waals surface area (Å²) in [7, 11) is -10.1. The quantitative estimate of drug-likeness (QED) is 0.0808. The highest BCUT2D eigenvalue weighted by Gasteiger charge is 2.28. The van der Waals surface area contributed by atoms with Crippen LogP contribution in [0.5, 0.6) is 5.75 Å². The van der Waals surface area contributed by atoms with Crippen LogP contribution in [0.1, 0.15) is 0 Å². The van der Waals surface area contributed by atoms with Crippen molar-refractivity contribution >= 4 is 93.4 Å². The monoisotopic (exact) mass is 645 g/mol. The molecule has 5 rings (SSSR count). The number of azo groups is 2. The number of hydrogen-bond donors (Lipinski definition) is 4. The molecule has 0 radical (unpaired) electrons. The first-order valence-electron chi connectivity index (χ1n) is 11.6. The van der Waals surface area contributed by atoms with Crippen LogP contribution in [-0.4, -0.2) is 31.0 Å². The smallest absolute Gasteiger partial charge is 0.296 e. The maximum Gasteiger partial charge on any atom is 0.296 e. The second-order valence-electron chi connectivity index (χ2n) is 8.75. The Balaban J connectivity index is 1.79. The Kier molecular flexibility index (Phi) is 7.61. The van der Waals surface area contributed by atoms with Gasteiger partial charge in [-0.1, -0.05) is 59.6 Å². The van der Waals surface area contributed by atoms with Crippen molar-refractivity contribution in [2.75, 3.05) is 5.73 Å². The van der Waals surface area contributed by atoms with E-state index in [1.807, 2.05) is 18.2 Å². The standard InChI is InChI=1S/C26H17Cl2N5O7S2/c27-15-8-9-17(28)19(12-15)31-32-24-20(41(35,36)37)10-14-11-21(42(38,39)40)25(26(34)22(14)23(24)29)33-30-18-7-3-5-13-4-1-2-6-16(13)18/h1-12,34H,29H2,(H,35,36,37)(H,38,39,40). The lowest BCUT2D eigenvalue weighted by Crippen LogP contribution is -2.03. The number of anilines is 1. The van der Waals surface area contributed by atoms with E-state index in [4.69, 9.17) is 28.9 Å². The van der Waals surface area contributed by atoms with Gasteiger partial charge in [0.15, 0.2) is 5.75 Å². The Labute approximate surface area is 248 Å². The van der Waals surface area contributed by atoms with E-state index >= 15 is 0 Å². The first-order valence-corrected chi connectivity index (χ1v) is 15.2. The number of halogens is 2. The summed E-state index contributed by atoms with van der Waals surface area (Å²) in [5, 5.41) is 28.2. The third kappa shape index (κ3) is 5.63. The summed E-state index contributed by atoms with van der Waals surface area (Å²) in [5.74, 6) is -0.874. The normalized spacial score (nSPS) is 12.7. The number of nitrogen functional groups attached to an aromatic ring is 1. The van der Waals surface area contributed by atoms with Crippen LogP contribution in [0.15, 0.2) is 103 Å². The molecule has 0 spiro atoms. The molecule has 0 aliphatic carbocycles. The Hall–Kier alpha value is -4.18. The highest BCUT2D eigenvalue weighted by molar-refractivity contribution is 7.86. The zero-order valence-electron chi connectivity index (χ0n) is 20.8. The second-order valence-corrected chi connectivity index (χ2v) is 12.4. The predicted molar refractivity (Wildman–Crippen MR) is 158 cm³/mol. The van der Waals surface area contributed by atoms with Crippen molar-refractivity contribution in [1.29, 1.82) is 0 Å². The molecule has 0 heterocycles. The third-order valence-electron chi connectivity index (χ3n) is 6.06. The van der Waals surface area contributed by atoms with Gasteiger partial charge >= 0.3 is 0 Å². The molecule has 0 fully saturated rings. The molecule has 0 bridgehead atoms. The Morgan fingerprint density at radius 3 is 1.95 bits per heavy atom. The summed E-state index contributed by atoms with van der Waals surface area (Å²) < 4.78 is 69.0. The summed E-state index contributed by atoms with van der Waals surface area (Å²) in [5.41, 5.74) is 4.75. The summed E-state index contributed by atoms with van der Waals surface area (Å²) in [6, 6.07) is 18.1. The Morgan fingerprint density at radius 2 is 1.26 bits per heavy atom. The number of nitrogens with two attached hydrogens (primary N) is 1. The number of fused-ring (bicyclic) bond motifs is 2. The molecule has 0 aromatic heterocycles. The van der Waals surface area contributed by atoms with E-state index in [0.29, 0.717) is 11.1 Å². The maximum atomic E-state index is 12.3. The molecule has 0 aliphatic rings. The van der Waals surface area contributed by atoms with Gasteiger partial charge in [0.1, 0.15) is 26.9 Å². The summed E-state index contributed by atoms with van der Waals surface area (Å²) in [6.07, 6.45) is 0. The van der Waals surface area contributed by atoms with E-state index in [0.717, 1.165) is 17.5 Å². The molecule has 12 nitrogen and oxygen atoms in total. The van der Waals surface area contributed by atoms with Crippen LogP contribution in [-0.2, 0) is 20.2 Å². The summed E-state index contributed by atoms with van der Waals surface area (Å²) >= 11 is 12.1. The SMILES string of the molecule is Nc1c(N=Nc2cc(Cl)ccc2Cl)c(S(=O)(=O)O)cc2cc(S(=O)(=O)O)c(N=Nc3cccc4ccccc34)c(O)c12. The average molecular weight is 646 g/mol. The van der Waals surface area contributed by atoms with Gasteiger partial charge in [0.25, 0.3) is 20.2 Å². The first kappa shape index (κ1) is 29.3. The molecular formula is C26H17Cl2N5O7S2. The topological polar surface area (TPSA) is 204 Å². The molecule has 214 valence electrons. The van der Waals surface area contributed by atoms with Crippen LogP contribution in [0.3, 0.4) is 0 Å². The van der Waals surface area contributed by atoms with Gasteiger partial charge in [0, 0.05) is 10.4 Å². The fourth-order valence-corrected chi connectivity index (χ4v) is 5.82. The lowest BCUT2D eigenvalue weighted by molar-refractivity contribution is 0.472. The predicted octanol–water partition coefficient (Wildman–Crippen LogP) is 7.91. The Bertz CT molecular complexity index is 2200. The van der Waals surface area contributed by atoms with E-state index in [1.165, 1.54) is 18.2 Å². The highest BCUT2D eigenvalue weighted by atomic mass is 35.5. The van der Waals surface area contributed by atoms with E-state index in [1.54, 1.807) is 24.3 Å². The van der Waals surface area contributed by atoms with Gasteiger partial charge in [-0.25, -0.2) is 0 Å². The van der Waals surface area contributed by atoms with Crippen molar-refractivity contribution in [2.45, 2.75) is 9.79 Å². The molecule has 0 unspecified atom stereocenters. The molecule has 0 saturated heterocycles. The van der Waals surface area contributed by atoms with Gasteiger partial charge in [0.05, 0.1) is 21.8 Å². The highest BCUT2D eigenvalue weighted by Crippen LogP contribution is 2.48. The van der Waals surface area contributed by atoms with Crippen molar-refractivity contribution in [1.82, 2.24) is 0 Å². The zero-order chi connectivity index (χ0) is 30.4. The molecule has 5 aromatic carbocycles. The van der Waals surface area contributed by atoms with Crippen LogP contribution in [0.4, 0.5) is 28.4 Å².